The van der Waals surface area contributed by atoms with Crippen LogP contribution in [0, 0.1) is 0 Å². The minimum Gasteiger partial charge on any atom is -0.493 e. The number of nitrogens with zero attached hydrogens (tertiary/aromatic N) is 1. The highest BCUT2D eigenvalue weighted by Gasteiger charge is 2.22. The lowest BCUT2D eigenvalue weighted by Crippen LogP contribution is -2.27. The molecule has 0 aliphatic carbocycles. The van der Waals surface area contributed by atoms with Crippen molar-refractivity contribution in [2.24, 2.45) is 0 Å². The number of likely N-dealkylation sites (tertiary alicyclic amines) is 1. The fraction of sp³-hybridized carbons (Fsp3) is 0.318. The monoisotopic (exact) mass is 412 g/mol. The Hall–Kier alpha value is -3.55. The van der Waals surface area contributed by atoms with Crippen molar-refractivity contribution in [1.82, 2.24) is 9.88 Å². The van der Waals surface area contributed by atoms with E-state index in [1.54, 1.807) is 17.0 Å². The number of rotatable bonds is 9. The van der Waals surface area contributed by atoms with Crippen LogP contribution in [-0.2, 0) is 4.74 Å². The lowest BCUT2D eigenvalue weighted by Gasteiger charge is -2.13. The summed E-state index contributed by atoms with van der Waals surface area (Å²) in [5.74, 6) is -0.367. The van der Waals surface area contributed by atoms with E-state index in [4.69, 9.17) is 14.2 Å². The molecule has 3 rings (SSSR count). The number of aromatic nitrogens is 1. The number of ketones is 1. The van der Waals surface area contributed by atoms with Crippen molar-refractivity contribution in [3.05, 3.63) is 59.9 Å². The number of hydrogen-bond donors (Lipinski definition) is 1. The van der Waals surface area contributed by atoms with E-state index >= 15 is 0 Å². The smallest absolute Gasteiger partial charge is 0.338 e. The van der Waals surface area contributed by atoms with E-state index in [0.717, 1.165) is 25.9 Å². The molecule has 1 fully saturated rings. The molecular formula is C22H24N2O6. The Kier molecular flexibility index (Phi) is 6.90. The predicted octanol–water partition coefficient (Wildman–Crippen LogP) is 2.86. The number of carbonyl (C=O) groups excluding carboxylic acids is 3. The highest BCUT2D eigenvalue weighted by molar-refractivity contribution is 6.02. The second kappa shape index (κ2) is 9.78. The van der Waals surface area contributed by atoms with Crippen LogP contribution >= 0.6 is 0 Å². The molecule has 1 aromatic carbocycles. The van der Waals surface area contributed by atoms with E-state index in [-0.39, 0.29) is 17.0 Å². The zero-order valence-electron chi connectivity index (χ0n) is 16.8. The summed E-state index contributed by atoms with van der Waals surface area (Å²) in [6, 6.07) is 6.08. The molecule has 0 spiro atoms. The first kappa shape index (κ1) is 21.2. The van der Waals surface area contributed by atoms with Gasteiger partial charge in [0.1, 0.15) is 12.3 Å². The Morgan fingerprint density at radius 2 is 1.90 bits per heavy atom. The van der Waals surface area contributed by atoms with Crippen LogP contribution in [0.1, 0.15) is 44.0 Å². The quantitative estimate of drug-likeness (QED) is 0.386. The second-order valence-electron chi connectivity index (χ2n) is 6.77. The maximum absolute atomic E-state index is 12.4. The fourth-order valence-corrected chi connectivity index (χ4v) is 3.13. The Balaban J connectivity index is 1.58. The largest absolute Gasteiger partial charge is 0.493 e. The molecule has 0 unspecified atom stereocenters. The SMILES string of the molecule is C=CCOc1ccc(C(=O)OCC(=O)c2c[nH]c(C(=O)N3CCCC3)c2)cc1OC. The minimum absolute atomic E-state index is 0.130. The van der Waals surface area contributed by atoms with Gasteiger partial charge in [-0.05, 0) is 37.1 Å². The molecule has 1 aromatic heterocycles. The van der Waals surface area contributed by atoms with Crippen LogP contribution < -0.4 is 9.47 Å². The van der Waals surface area contributed by atoms with Crippen LogP contribution in [0.5, 0.6) is 11.5 Å². The predicted molar refractivity (Wildman–Crippen MR) is 109 cm³/mol. The molecule has 0 saturated carbocycles. The van der Waals surface area contributed by atoms with Gasteiger partial charge < -0.3 is 24.1 Å². The van der Waals surface area contributed by atoms with Gasteiger partial charge >= 0.3 is 5.97 Å². The van der Waals surface area contributed by atoms with E-state index < -0.39 is 18.4 Å². The number of Topliss-reactive ketones (excluding diaryl/α,β-unsaturated/α-hetero) is 1. The summed E-state index contributed by atoms with van der Waals surface area (Å²) in [5, 5.41) is 0. The molecule has 1 aliphatic rings. The average molecular weight is 412 g/mol. The zero-order chi connectivity index (χ0) is 21.5. The van der Waals surface area contributed by atoms with Gasteiger partial charge in [-0.3, -0.25) is 9.59 Å². The number of hydrogen-bond acceptors (Lipinski definition) is 6. The van der Waals surface area contributed by atoms with Gasteiger partial charge in [0.25, 0.3) is 5.91 Å². The Bertz CT molecular complexity index is 943. The van der Waals surface area contributed by atoms with Crippen LogP contribution in [0.2, 0.25) is 0 Å². The zero-order valence-corrected chi connectivity index (χ0v) is 16.8. The van der Waals surface area contributed by atoms with Crippen molar-refractivity contribution in [2.75, 3.05) is 33.4 Å². The average Bonchev–Trinajstić information content (AvgIpc) is 3.47. The molecule has 30 heavy (non-hydrogen) atoms. The first-order valence-electron chi connectivity index (χ1n) is 9.63. The standard InChI is InChI=1S/C22H24N2O6/c1-3-10-29-19-7-6-15(12-20(19)28-2)22(27)30-14-18(25)16-11-17(23-13-16)21(26)24-8-4-5-9-24/h3,6-7,11-13,23H,1,4-5,8-10,14H2,2H3. The highest BCUT2D eigenvalue weighted by atomic mass is 16.5. The molecule has 2 heterocycles. The molecule has 0 radical (unpaired) electrons. The summed E-state index contributed by atoms with van der Waals surface area (Å²) in [7, 11) is 1.46. The highest BCUT2D eigenvalue weighted by Crippen LogP contribution is 2.28. The van der Waals surface area contributed by atoms with E-state index in [9.17, 15) is 14.4 Å². The van der Waals surface area contributed by atoms with Gasteiger partial charge in [0.2, 0.25) is 5.78 Å². The van der Waals surface area contributed by atoms with E-state index in [1.807, 2.05) is 0 Å². The van der Waals surface area contributed by atoms with Gasteiger partial charge in [-0.25, -0.2) is 4.79 Å². The van der Waals surface area contributed by atoms with Gasteiger partial charge in [-0.1, -0.05) is 12.7 Å². The molecule has 2 aromatic rings. The molecule has 0 atom stereocenters. The normalized spacial score (nSPS) is 13.0. The van der Waals surface area contributed by atoms with Crippen molar-refractivity contribution >= 4 is 17.7 Å². The number of amides is 1. The molecule has 1 aliphatic heterocycles. The molecule has 1 amide bonds. The van der Waals surface area contributed by atoms with Gasteiger partial charge in [0, 0.05) is 24.8 Å². The molecular weight excluding hydrogens is 388 g/mol. The van der Waals surface area contributed by atoms with Gasteiger partial charge in [-0.15, -0.1) is 0 Å². The van der Waals surface area contributed by atoms with E-state index in [0.29, 0.717) is 23.8 Å². The van der Waals surface area contributed by atoms with E-state index in [1.165, 1.54) is 31.5 Å². The third-order valence-electron chi connectivity index (χ3n) is 4.72. The maximum Gasteiger partial charge on any atom is 0.338 e. The third-order valence-corrected chi connectivity index (χ3v) is 4.72. The van der Waals surface area contributed by atoms with E-state index in [2.05, 4.69) is 11.6 Å². The number of carbonyl (C=O) groups is 3. The number of aromatic amines is 1. The number of nitrogens with one attached hydrogen (secondary N) is 1. The number of benzene rings is 1. The molecule has 1 saturated heterocycles. The summed E-state index contributed by atoms with van der Waals surface area (Å²) in [6.45, 7) is 4.88. The number of ether oxygens (including phenoxy) is 3. The van der Waals surface area contributed by atoms with Crippen molar-refractivity contribution in [1.29, 1.82) is 0 Å². The first-order chi connectivity index (χ1) is 14.5. The van der Waals surface area contributed by atoms with Crippen LogP contribution in [0.15, 0.2) is 43.1 Å². The Labute approximate surface area is 174 Å². The lowest BCUT2D eigenvalue weighted by atomic mass is 10.2. The van der Waals surface area contributed by atoms with Crippen LogP contribution in [0.25, 0.3) is 0 Å². The summed E-state index contributed by atoms with van der Waals surface area (Å²) in [4.78, 5) is 41.6. The minimum atomic E-state index is -0.666. The third kappa shape index (κ3) is 4.89. The summed E-state index contributed by atoms with van der Waals surface area (Å²) >= 11 is 0. The molecule has 158 valence electrons. The van der Waals surface area contributed by atoms with Crippen LogP contribution in [0.4, 0.5) is 0 Å². The Morgan fingerprint density at radius 3 is 2.60 bits per heavy atom. The number of esters is 1. The van der Waals surface area contributed by atoms with Crippen molar-refractivity contribution < 1.29 is 28.6 Å². The van der Waals surface area contributed by atoms with Crippen LogP contribution in [0.3, 0.4) is 0 Å². The lowest BCUT2D eigenvalue weighted by molar-refractivity contribution is 0.0474. The van der Waals surface area contributed by atoms with Crippen LogP contribution in [-0.4, -0.2) is 61.0 Å². The van der Waals surface area contributed by atoms with Gasteiger partial charge in [-0.2, -0.15) is 0 Å². The Morgan fingerprint density at radius 1 is 1.13 bits per heavy atom. The van der Waals surface area contributed by atoms with Gasteiger partial charge in [0.05, 0.1) is 12.7 Å². The van der Waals surface area contributed by atoms with Crippen molar-refractivity contribution in [3.63, 3.8) is 0 Å². The first-order valence-corrected chi connectivity index (χ1v) is 9.63. The fourth-order valence-electron chi connectivity index (χ4n) is 3.13. The summed E-state index contributed by atoms with van der Waals surface area (Å²) in [5.41, 5.74) is 0.868. The number of H-pyrrole nitrogens is 1. The number of methoxy groups -OCH3 is 1. The molecule has 8 nitrogen and oxygen atoms in total. The molecule has 0 bridgehead atoms. The topological polar surface area (TPSA) is 97.9 Å². The molecule has 1 N–H and O–H groups in total. The summed E-state index contributed by atoms with van der Waals surface area (Å²) in [6.07, 6.45) is 5.02. The maximum atomic E-state index is 12.4. The van der Waals surface area contributed by atoms with Gasteiger partial charge in [0.15, 0.2) is 18.1 Å². The van der Waals surface area contributed by atoms with Crippen molar-refractivity contribution in [2.45, 2.75) is 12.8 Å². The second-order valence-corrected chi connectivity index (χ2v) is 6.77. The molecule has 8 heteroatoms. The van der Waals surface area contributed by atoms with Crippen molar-refractivity contribution in [3.8, 4) is 11.5 Å². The summed E-state index contributed by atoms with van der Waals surface area (Å²) < 4.78 is 15.8.